The molecule has 1 N–H and O–H groups in total. The number of rotatable bonds is 7. The van der Waals surface area contributed by atoms with E-state index in [1.807, 2.05) is 0 Å². The van der Waals surface area contributed by atoms with Crippen molar-refractivity contribution in [2.45, 2.75) is 19.3 Å². The Bertz CT molecular complexity index is 553. The van der Waals surface area contributed by atoms with Crippen LogP contribution >= 0.6 is 0 Å². The average Bonchev–Trinajstić information content (AvgIpc) is 3.13. The summed E-state index contributed by atoms with van der Waals surface area (Å²) in [5.74, 6) is 1.01. The van der Waals surface area contributed by atoms with Crippen LogP contribution in [-0.4, -0.2) is 34.4 Å². The zero-order valence-electron chi connectivity index (χ0n) is 10.7. The monoisotopic (exact) mass is 264 g/mol. The molecule has 0 amide bonds. The lowest BCUT2D eigenvalue weighted by Gasteiger charge is -2.03. The first-order valence-electron chi connectivity index (χ1n) is 6.65. The molecule has 2 aromatic rings. The second-order valence-electron chi connectivity index (χ2n) is 4.88. The second-order valence-corrected chi connectivity index (χ2v) is 4.88. The van der Waals surface area contributed by atoms with E-state index in [9.17, 15) is 4.39 Å². The van der Waals surface area contributed by atoms with Crippen molar-refractivity contribution in [3.8, 4) is 0 Å². The molecular weight excluding hydrogens is 247 g/mol. The van der Waals surface area contributed by atoms with Crippen LogP contribution in [0, 0.1) is 11.7 Å². The van der Waals surface area contributed by atoms with Gasteiger partial charge in [0.05, 0.1) is 6.20 Å². The van der Waals surface area contributed by atoms with Crippen LogP contribution in [0.1, 0.15) is 19.3 Å². The Morgan fingerprint density at radius 1 is 1.42 bits per heavy atom. The minimum Gasteiger partial charge on any atom is -0.381 e. The van der Waals surface area contributed by atoms with E-state index < -0.39 is 0 Å². The van der Waals surface area contributed by atoms with Crippen molar-refractivity contribution in [3.63, 3.8) is 0 Å². The third kappa shape index (κ3) is 3.41. The van der Waals surface area contributed by atoms with Crippen molar-refractivity contribution in [2.75, 3.05) is 25.1 Å². The average molecular weight is 264 g/mol. The van der Waals surface area contributed by atoms with Crippen molar-refractivity contribution >= 4 is 11.6 Å². The molecule has 6 heteroatoms. The molecule has 2 heterocycles. The zero-order valence-corrected chi connectivity index (χ0v) is 10.7. The Balaban J connectivity index is 1.42. The fourth-order valence-electron chi connectivity index (χ4n) is 1.84. The van der Waals surface area contributed by atoms with Crippen molar-refractivity contribution < 1.29 is 9.13 Å². The summed E-state index contributed by atoms with van der Waals surface area (Å²) in [6, 6.07) is 2.98. The first-order chi connectivity index (χ1) is 9.31. The topological polar surface area (TPSA) is 51.5 Å². The number of pyridine rings is 1. The van der Waals surface area contributed by atoms with Gasteiger partial charge in [0.15, 0.2) is 5.65 Å². The molecule has 5 nitrogen and oxygen atoms in total. The van der Waals surface area contributed by atoms with Crippen LogP contribution in [0.15, 0.2) is 18.3 Å². The highest BCUT2D eigenvalue weighted by atomic mass is 19.1. The number of hydrogen-bond acceptors (Lipinski definition) is 4. The highest BCUT2D eigenvalue weighted by Crippen LogP contribution is 2.28. The minimum atomic E-state index is -0.322. The van der Waals surface area contributed by atoms with Gasteiger partial charge in [-0.3, -0.25) is 0 Å². The maximum Gasteiger partial charge on any atom is 0.243 e. The summed E-state index contributed by atoms with van der Waals surface area (Å²) in [5, 5.41) is 7.26. The fourth-order valence-corrected chi connectivity index (χ4v) is 1.84. The van der Waals surface area contributed by atoms with Crippen LogP contribution in [-0.2, 0) is 4.74 Å². The molecule has 2 aromatic heterocycles. The Kier molecular flexibility index (Phi) is 3.59. The summed E-state index contributed by atoms with van der Waals surface area (Å²) < 4.78 is 19.9. The van der Waals surface area contributed by atoms with Crippen LogP contribution in [0.5, 0.6) is 0 Å². The summed E-state index contributed by atoms with van der Waals surface area (Å²) in [6.07, 6.45) is 4.86. The number of anilines is 1. The van der Waals surface area contributed by atoms with E-state index in [2.05, 4.69) is 15.4 Å². The summed E-state index contributed by atoms with van der Waals surface area (Å²) in [4.78, 5) is 4.24. The van der Waals surface area contributed by atoms with Gasteiger partial charge in [0.25, 0.3) is 0 Å². The Hall–Kier alpha value is -1.69. The maximum absolute atomic E-state index is 13.0. The number of aromatic nitrogens is 3. The molecule has 0 aromatic carbocycles. The second kappa shape index (κ2) is 5.52. The Morgan fingerprint density at radius 2 is 2.32 bits per heavy atom. The van der Waals surface area contributed by atoms with Gasteiger partial charge >= 0.3 is 0 Å². The molecule has 0 atom stereocenters. The van der Waals surface area contributed by atoms with Crippen molar-refractivity contribution in [1.29, 1.82) is 0 Å². The van der Waals surface area contributed by atoms with Gasteiger partial charge in [-0.1, -0.05) is 0 Å². The standard InChI is InChI=1S/C13H17FN4O/c14-11-4-5-12-16-13(17-18(12)8-11)15-6-1-7-19-9-10-2-3-10/h4-5,8,10H,1-3,6-7,9H2,(H,15,17). The maximum atomic E-state index is 13.0. The Labute approximate surface area is 110 Å². The number of halogens is 1. The van der Waals surface area contributed by atoms with E-state index in [0.717, 1.165) is 32.1 Å². The molecule has 0 saturated heterocycles. The minimum absolute atomic E-state index is 0.322. The van der Waals surface area contributed by atoms with Gasteiger partial charge in [0.2, 0.25) is 5.95 Å². The zero-order chi connectivity index (χ0) is 13.1. The summed E-state index contributed by atoms with van der Waals surface area (Å²) in [5.41, 5.74) is 0.633. The van der Waals surface area contributed by atoms with E-state index in [1.54, 1.807) is 6.07 Å². The third-order valence-electron chi connectivity index (χ3n) is 3.09. The number of hydrogen-bond donors (Lipinski definition) is 1. The van der Waals surface area contributed by atoms with Gasteiger partial charge in [0, 0.05) is 19.8 Å². The molecule has 0 aliphatic heterocycles. The predicted molar refractivity (Wildman–Crippen MR) is 69.6 cm³/mol. The quantitative estimate of drug-likeness (QED) is 0.778. The molecule has 19 heavy (non-hydrogen) atoms. The summed E-state index contributed by atoms with van der Waals surface area (Å²) in [6.45, 7) is 2.40. The molecule has 3 rings (SSSR count). The molecule has 0 unspecified atom stereocenters. The lowest BCUT2D eigenvalue weighted by molar-refractivity contribution is 0.124. The SMILES string of the molecule is Fc1ccc2nc(NCCCOCC3CC3)nn2c1. The van der Waals surface area contributed by atoms with Gasteiger partial charge < -0.3 is 10.1 Å². The normalized spacial score (nSPS) is 15.0. The molecule has 1 aliphatic carbocycles. The highest BCUT2D eigenvalue weighted by Gasteiger charge is 2.20. The van der Waals surface area contributed by atoms with Crippen LogP contribution in [0.2, 0.25) is 0 Å². The van der Waals surface area contributed by atoms with Crippen molar-refractivity contribution in [3.05, 3.63) is 24.1 Å². The molecule has 0 spiro atoms. The largest absolute Gasteiger partial charge is 0.381 e. The number of fused-ring (bicyclic) bond motifs is 1. The van der Waals surface area contributed by atoms with Gasteiger partial charge in [-0.2, -0.15) is 4.98 Å². The third-order valence-corrected chi connectivity index (χ3v) is 3.09. The molecule has 1 fully saturated rings. The van der Waals surface area contributed by atoms with Crippen LogP contribution < -0.4 is 5.32 Å². The van der Waals surface area contributed by atoms with E-state index in [0.29, 0.717) is 11.6 Å². The first-order valence-corrected chi connectivity index (χ1v) is 6.65. The van der Waals surface area contributed by atoms with Crippen LogP contribution in [0.25, 0.3) is 5.65 Å². The molecule has 0 bridgehead atoms. The number of nitrogens with one attached hydrogen (secondary N) is 1. The molecule has 0 radical (unpaired) electrons. The molecular formula is C13H17FN4O. The molecule has 1 aliphatic rings. The van der Waals surface area contributed by atoms with E-state index in [-0.39, 0.29) is 5.82 Å². The fraction of sp³-hybridized carbons (Fsp3) is 0.538. The van der Waals surface area contributed by atoms with E-state index in [1.165, 1.54) is 29.6 Å². The molecule has 1 saturated carbocycles. The van der Waals surface area contributed by atoms with Gasteiger partial charge in [-0.05, 0) is 37.3 Å². The van der Waals surface area contributed by atoms with Crippen LogP contribution in [0.4, 0.5) is 10.3 Å². The number of nitrogens with zero attached hydrogens (tertiary/aromatic N) is 3. The smallest absolute Gasteiger partial charge is 0.243 e. The molecule has 102 valence electrons. The van der Waals surface area contributed by atoms with Gasteiger partial charge in [-0.25, -0.2) is 8.91 Å². The van der Waals surface area contributed by atoms with Crippen LogP contribution in [0.3, 0.4) is 0 Å². The van der Waals surface area contributed by atoms with Crippen molar-refractivity contribution in [1.82, 2.24) is 14.6 Å². The Morgan fingerprint density at radius 3 is 3.16 bits per heavy atom. The van der Waals surface area contributed by atoms with Crippen molar-refractivity contribution in [2.24, 2.45) is 5.92 Å². The van der Waals surface area contributed by atoms with Gasteiger partial charge in [0.1, 0.15) is 5.82 Å². The summed E-state index contributed by atoms with van der Waals surface area (Å²) >= 11 is 0. The van der Waals surface area contributed by atoms with Gasteiger partial charge in [-0.15, -0.1) is 5.10 Å². The lowest BCUT2D eigenvalue weighted by Crippen LogP contribution is -2.07. The number of ether oxygens (including phenoxy) is 1. The lowest BCUT2D eigenvalue weighted by atomic mass is 10.4. The summed E-state index contributed by atoms with van der Waals surface area (Å²) in [7, 11) is 0. The predicted octanol–water partition coefficient (Wildman–Crippen LogP) is 2.10. The van der Waals surface area contributed by atoms with E-state index >= 15 is 0 Å². The van der Waals surface area contributed by atoms with E-state index in [4.69, 9.17) is 4.74 Å². The highest BCUT2D eigenvalue weighted by molar-refractivity contribution is 5.42. The first kappa shape index (κ1) is 12.3.